The third kappa shape index (κ3) is 6.73. The molecule has 1 aliphatic rings. The lowest BCUT2D eigenvalue weighted by atomic mass is 9.93. The molecule has 1 aliphatic heterocycles. The molecule has 3 unspecified atom stereocenters. The van der Waals surface area contributed by atoms with Gasteiger partial charge in [0.05, 0.1) is 24.9 Å². The average Bonchev–Trinajstić information content (AvgIpc) is 2.74. The lowest BCUT2D eigenvalue weighted by Crippen LogP contribution is -2.33. The van der Waals surface area contributed by atoms with Crippen LogP contribution in [0.25, 0.3) is 0 Å². The van der Waals surface area contributed by atoms with Gasteiger partial charge in [-0.25, -0.2) is 0 Å². The predicted octanol–water partition coefficient (Wildman–Crippen LogP) is 3.77. The van der Waals surface area contributed by atoms with Crippen LogP contribution in [0, 0.1) is 0 Å². The molecule has 0 saturated carbocycles. The number of aliphatic hydroxyl groups is 3. The van der Waals surface area contributed by atoms with Gasteiger partial charge < -0.3 is 29.5 Å². The molecule has 0 amide bonds. The molecule has 10 heteroatoms. The molecule has 1 fully saturated rings. The number of hydrogen-bond acceptors (Lipinski definition) is 6. The largest absolute Gasteiger partial charge is 0.484 e. The quantitative estimate of drug-likeness (QED) is 0.503. The zero-order valence-corrected chi connectivity index (χ0v) is 17.8. The van der Waals surface area contributed by atoms with Gasteiger partial charge in [0.1, 0.15) is 11.5 Å². The number of rotatable bonds is 8. The molecule has 6 nitrogen and oxygen atoms in total. The highest BCUT2D eigenvalue weighted by Crippen LogP contribution is 2.39. The van der Waals surface area contributed by atoms with Crippen molar-refractivity contribution in [2.24, 2.45) is 0 Å². The van der Waals surface area contributed by atoms with Gasteiger partial charge in [0, 0.05) is 23.4 Å². The van der Waals surface area contributed by atoms with E-state index >= 15 is 0 Å². The molecule has 0 radical (unpaired) electrons. The molecule has 32 heavy (non-hydrogen) atoms. The van der Waals surface area contributed by atoms with Crippen LogP contribution in [0.2, 0.25) is 5.02 Å². The molecule has 3 N–H and O–H groups in total. The van der Waals surface area contributed by atoms with Crippen molar-refractivity contribution in [2.75, 3.05) is 20.0 Å². The summed E-state index contributed by atoms with van der Waals surface area (Å²) < 4.78 is 52.8. The van der Waals surface area contributed by atoms with E-state index in [-0.39, 0.29) is 18.8 Å². The molecule has 0 bridgehead atoms. The van der Waals surface area contributed by atoms with E-state index in [0.29, 0.717) is 34.7 Å². The first-order valence-corrected chi connectivity index (χ1v) is 10.3. The van der Waals surface area contributed by atoms with Crippen LogP contribution in [0.4, 0.5) is 13.2 Å². The Hall–Kier alpha value is -2.04. The van der Waals surface area contributed by atoms with Gasteiger partial charge >= 0.3 is 6.18 Å². The van der Waals surface area contributed by atoms with Gasteiger partial charge in [-0.2, -0.15) is 13.2 Å². The fraction of sp³-hybridized carbons (Fsp3) is 0.455. The SMILES string of the molecule is OCOc1cc(Cl)c(Cc2ccc(OCC(F)(F)F)cc2)cc1C1CC(O)CC(CO)O1. The van der Waals surface area contributed by atoms with Crippen molar-refractivity contribution in [3.8, 4) is 11.5 Å². The fourth-order valence-corrected chi connectivity index (χ4v) is 3.82. The molecule has 3 rings (SSSR count). The summed E-state index contributed by atoms with van der Waals surface area (Å²) in [5.74, 6) is 0.400. The number of hydrogen-bond donors (Lipinski definition) is 3. The van der Waals surface area contributed by atoms with Crippen molar-refractivity contribution in [1.29, 1.82) is 0 Å². The topological polar surface area (TPSA) is 88.4 Å². The number of benzene rings is 2. The molecule has 3 atom stereocenters. The first-order chi connectivity index (χ1) is 15.2. The second kappa shape index (κ2) is 10.7. The van der Waals surface area contributed by atoms with Gasteiger partial charge in [-0.15, -0.1) is 0 Å². The maximum atomic E-state index is 12.3. The Morgan fingerprint density at radius 3 is 2.41 bits per heavy atom. The summed E-state index contributed by atoms with van der Waals surface area (Å²) >= 11 is 6.40. The molecule has 2 aromatic rings. The van der Waals surface area contributed by atoms with Crippen LogP contribution in [0.5, 0.6) is 11.5 Å². The highest BCUT2D eigenvalue weighted by molar-refractivity contribution is 6.31. The Morgan fingerprint density at radius 1 is 1.06 bits per heavy atom. The maximum Gasteiger partial charge on any atom is 0.422 e. The minimum atomic E-state index is -4.41. The van der Waals surface area contributed by atoms with E-state index in [1.54, 1.807) is 24.3 Å². The Morgan fingerprint density at radius 2 is 1.78 bits per heavy atom. The molecule has 0 spiro atoms. The molecule has 2 aromatic carbocycles. The van der Waals surface area contributed by atoms with E-state index in [0.717, 1.165) is 5.56 Å². The summed E-state index contributed by atoms with van der Waals surface area (Å²) in [5, 5.41) is 29.2. The summed E-state index contributed by atoms with van der Waals surface area (Å²) in [4.78, 5) is 0. The maximum absolute atomic E-state index is 12.3. The Bertz CT molecular complexity index is 890. The zero-order chi connectivity index (χ0) is 23.3. The number of aliphatic hydroxyl groups excluding tert-OH is 3. The van der Waals surface area contributed by atoms with Crippen molar-refractivity contribution in [3.63, 3.8) is 0 Å². The number of halogens is 4. The van der Waals surface area contributed by atoms with E-state index in [1.165, 1.54) is 12.1 Å². The molecule has 1 heterocycles. The standard InChI is InChI=1S/C22H24ClF3O6/c23-19-9-20(31-12-28)18(21-8-15(29)7-17(10-27)32-21)6-14(19)5-13-1-3-16(4-2-13)30-11-22(24,25)26/h1-4,6,9,15,17,21,27-29H,5,7-8,10-12H2. The minimum Gasteiger partial charge on any atom is -0.484 e. The van der Waals surface area contributed by atoms with Crippen molar-refractivity contribution in [1.82, 2.24) is 0 Å². The van der Waals surface area contributed by atoms with E-state index in [9.17, 15) is 28.5 Å². The van der Waals surface area contributed by atoms with Crippen LogP contribution in [0.15, 0.2) is 36.4 Å². The van der Waals surface area contributed by atoms with Gasteiger partial charge in [0.25, 0.3) is 0 Å². The first kappa shape index (κ1) is 24.6. The van der Waals surface area contributed by atoms with E-state index in [4.69, 9.17) is 25.8 Å². The second-order valence-electron chi connectivity index (χ2n) is 7.53. The van der Waals surface area contributed by atoms with E-state index < -0.39 is 37.9 Å². The van der Waals surface area contributed by atoms with Crippen LogP contribution in [-0.2, 0) is 11.2 Å². The monoisotopic (exact) mass is 476 g/mol. The van der Waals surface area contributed by atoms with Gasteiger partial charge in [0.15, 0.2) is 13.4 Å². The molecular weight excluding hydrogens is 453 g/mol. The summed E-state index contributed by atoms with van der Waals surface area (Å²) in [6.07, 6.45) is -5.23. The van der Waals surface area contributed by atoms with Crippen LogP contribution < -0.4 is 9.47 Å². The molecule has 176 valence electrons. The minimum absolute atomic E-state index is 0.101. The van der Waals surface area contributed by atoms with Crippen molar-refractivity contribution < 1.29 is 42.7 Å². The third-order valence-corrected chi connectivity index (χ3v) is 5.40. The van der Waals surface area contributed by atoms with Gasteiger partial charge in [-0.1, -0.05) is 23.7 Å². The smallest absolute Gasteiger partial charge is 0.422 e. The van der Waals surface area contributed by atoms with Gasteiger partial charge in [-0.3, -0.25) is 0 Å². The Balaban J connectivity index is 1.81. The molecular formula is C22H24ClF3O6. The summed E-state index contributed by atoms with van der Waals surface area (Å²) in [6, 6.07) is 9.47. The van der Waals surface area contributed by atoms with Crippen molar-refractivity contribution in [2.45, 2.75) is 43.8 Å². The predicted molar refractivity (Wildman–Crippen MR) is 110 cm³/mol. The highest BCUT2D eigenvalue weighted by atomic mass is 35.5. The van der Waals surface area contributed by atoms with Crippen LogP contribution in [-0.4, -0.2) is 53.7 Å². The van der Waals surface area contributed by atoms with Crippen molar-refractivity contribution >= 4 is 11.6 Å². The summed E-state index contributed by atoms with van der Waals surface area (Å²) in [5.41, 5.74) is 2.05. The molecule has 0 aromatic heterocycles. The third-order valence-electron chi connectivity index (χ3n) is 5.05. The van der Waals surface area contributed by atoms with Crippen LogP contribution in [0.3, 0.4) is 0 Å². The zero-order valence-electron chi connectivity index (χ0n) is 17.0. The molecule has 0 aliphatic carbocycles. The highest BCUT2D eigenvalue weighted by Gasteiger charge is 2.31. The van der Waals surface area contributed by atoms with Gasteiger partial charge in [-0.05, 0) is 41.8 Å². The Labute approximate surface area is 188 Å². The summed E-state index contributed by atoms with van der Waals surface area (Å²) in [7, 11) is 0. The normalized spacial score (nSPS) is 21.4. The van der Waals surface area contributed by atoms with Gasteiger partial charge in [0.2, 0.25) is 0 Å². The van der Waals surface area contributed by atoms with E-state index in [1.807, 2.05) is 0 Å². The van der Waals surface area contributed by atoms with Crippen LogP contribution >= 0.6 is 11.6 Å². The fourth-order valence-electron chi connectivity index (χ4n) is 3.60. The van der Waals surface area contributed by atoms with Crippen LogP contribution in [0.1, 0.15) is 35.6 Å². The van der Waals surface area contributed by atoms with E-state index in [2.05, 4.69) is 0 Å². The number of ether oxygens (including phenoxy) is 3. The first-order valence-electron chi connectivity index (χ1n) is 9.97. The van der Waals surface area contributed by atoms with Crippen molar-refractivity contribution in [3.05, 3.63) is 58.1 Å². The molecule has 1 saturated heterocycles. The average molecular weight is 477 g/mol. The lowest BCUT2D eigenvalue weighted by Gasteiger charge is -2.33. The second-order valence-corrected chi connectivity index (χ2v) is 7.94. The number of alkyl halides is 3. The lowest BCUT2D eigenvalue weighted by molar-refractivity contribution is -0.153. The summed E-state index contributed by atoms with van der Waals surface area (Å²) in [6.45, 7) is -2.19. The Kier molecular flexibility index (Phi) is 8.24.